The van der Waals surface area contributed by atoms with Gasteiger partial charge in [0.1, 0.15) is 5.60 Å². The average molecular weight is 320 g/mol. The maximum absolute atomic E-state index is 11.6. The summed E-state index contributed by atoms with van der Waals surface area (Å²) in [5.74, 6) is 0.607. The second-order valence-corrected chi connectivity index (χ2v) is 6.21. The number of rotatable bonds is 3. The summed E-state index contributed by atoms with van der Waals surface area (Å²) < 4.78 is 5.18. The first-order valence-corrected chi connectivity index (χ1v) is 7.25. The molecule has 116 valence electrons. The fraction of sp³-hybridized carbons (Fsp3) is 0.312. The van der Waals surface area contributed by atoms with Crippen molar-refractivity contribution in [2.24, 2.45) is 0 Å². The van der Waals surface area contributed by atoms with Gasteiger partial charge in [-0.15, -0.1) is 0 Å². The van der Waals surface area contributed by atoms with Crippen molar-refractivity contribution in [1.82, 2.24) is 15.3 Å². The van der Waals surface area contributed by atoms with Crippen LogP contribution in [0.1, 0.15) is 26.3 Å². The lowest BCUT2D eigenvalue weighted by Crippen LogP contribution is -2.32. The van der Waals surface area contributed by atoms with Gasteiger partial charge in [-0.05, 0) is 26.3 Å². The van der Waals surface area contributed by atoms with Crippen molar-refractivity contribution in [1.29, 1.82) is 0 Å². The van der Waals surface area contributed by atoms with Gasteiger partial charge in [0.2, 0.25) is 0 Å². The number of benzene rings is 1. The maximum atomic E-state index is 11.6. The number of hydrogen-bond acceptors (Lipinski definition) is 4. The zero-order valence-electron chi connectivity index (χ0n) is 12.8. The van der Waals surface area contributed by atoms with E-state index in [9.17, 15) is 4.79 Å². The number of aromatic nitrogens is 2. The molecule has 0 aliphatic carbocycles. The monoisotopic (exact) mass is 319 g/mol. The summed E-state index contributed by atoms with van der Waals surface area (Å²) in [5, 5.41) is 3.21. The van der Waals surface area contributed by atoms with Crippen molar-refractivity contribution in [3.63, 3.8) is 0 Å². The minimum atomic E-state index is -0.500. The lowest BCUT2D eigenvalue weighted by molar-refractivity contribution is 0.0523. The van der Waals surface area contributed by atoms with Crippen molar-refractivity contribution in [3.05, 3.63) is 47.2 Å². The maximum Gasteiger partial charge on any atom is 0.407 e. The summed E-state index contributed by atoms with van der Waals surface area (Å²) in [5.41, 5.74) is 1.35. The molecule has 0 atom stereocenters. The molecule has 0 saturated carbocycles. The molecule has 2 rings (SSSR count). The molecule has 0 fully saturated rings. The average Bonchev–Trinajstić information content (AvgIpc) is 2.45. The van der Waals surface area contributed by atoms with Crippen LogP contribution in [0, 0.1) is 0 Å². The van der Waals surface area contributed by atoms with Gasteiger partial charge in [0.05, 0.1) is 5.02 Å². The molecular formula is C16H18ClN3O2. The Morgan fingerprint density at radius 2 is 1.77 bits per heavy atom. The number of carbonyl (C=O) groups is 1. The molecule has 22 heavy (non-hydrogen) atoms. The molecule has 0 saturated heterocycles. The van der Waals surface area contributed by atoms with E-state index in [2.05, 4.69) is 15.3 Å². The molecule has 0 aliphatic heterocycles. The van der Waals surface area contributed by atoms with Gasteiger partial charge in [-0.2, -0.15) is 0 Å². The van der Waals surface area contributed by atoms with Gasteiger partial charge in [0.25, 0.3) is 0 Å². The van der Waals surface area contributed by atoms with Crippen molar-refractivity contribution < 1.29 is 9.53 Å². The zero-order chi connectivity index (χ0) is 16.2. The van der Waals surface area contributed by atoms with Crippen LogP contribution in [-0.2, 0) is 11.3 Å². The highest BCUT2D eigenvalue weighted by atomic mass is 35.5. The second kappa shape index (κ2) is 6.75. The first-order chi connectivity index (χ1) is 10.3. The summed E-state index contributed by atoms with van der Waals surface area (Å²) in [6.45, 7) is 5.88. The number of amides is 1. The van der Waals surface area contributed by atoms with E-state index >= 15 is 0 Å². The van der Waals surface area contributed by atoms with Crippen LogP contribution < -0.4 is 5.32 Å². The van der Waals surface area contributed by atoms with Gasteiger partial charge in [-0.1, -0.05) is 35.9 Å². The Labute approximate surface area is 134 Å². The SMILES string of the molecule is CC(C)(C)OC(=O)NCc1ccc(-c2ncc(Cl)cn2)cc1. The minimum absolute atomic E-state index is 0.399. The molecule has 5 nitrogen and oxygen atoms in total. The molecule has 0 radical (unpaired) electrons. The third-order valence-corrected chi connectivity index (χ3v) is 2.86. The number of ether oxygens (including phenoxy) is 1. The Kier molecular flexibility index (Phi) is 4.98. The topological polar surface area (TPSA) is 64.1 Å². The highest BCUT2D eigenvalue weighted by Crippen LogP contribution is 2.16. The van der Waals surface area contributed by atoms with Crippen LogP contribution in [0.3, 0.4) is 0 Å². The van der Waals surface area contributed by atoms with Crippen molar-refractivity contribution in [2.45, 2.75) is 32.9 Å². The van der Waals surface area contributed by atoms with E-state index in [4.69, 9.17) is 16.3 Å². The van der Waals surface area contributed by atoms with Crippen molar-refractivity contribution >= 4 is 17.7 Å². The van der Waals surface area contributed by atoms with Crippen molar-refractivity contribution in [2.75, 3.05) is 0 Å². The minimum Gasteiger partial charge on any atom is -0.444 e. The van der Waals surface area contributed by atoms with Crippen molar-refractivity contribution in [3.8, 4) is 11.4 Å². The summed E-state index contributed by atoms with van der Waals surface area (Å²) in [6, 6.07) is 7.61. The van der Waals surface area contributed by atoms with E-state index in [0.717, 1.165) is 11.1 Å². The summed E-state index contributed by atoms with van der Waals surface area (Å²) in [4.78, 5) is 19.9. The largest absolute Gasteiger partial charge is 0.444 e. The number of nitrogens with zero attached hydrogens (tertiary/aromatic N) is 2. The first kappa shape index (κ1) is 16.2. The quantitative estimate of drug-likeness (QED) is 0.934. The van der Waals surface area contributed by atoms with Gasteiger partial charge >= 0.3 is 6.09 Å². The molecule has 0 aliphatic rings. The summed E-state index contributed by atoms with van der Waals surface area (Å²) in [7, 11) is 0. The number of alkyl carbamates (subject to hydrolysis) is 1. The molecule has 2 aromatic rings. The highest BCUT2D eigenvalue weighted by molar-refractivity contribution is 6.30. The Balaban J connectivity index is 1.95. The third-order valence-electron chi connectivity index (χ3n) is 2.67. The standard InChI is InChI=1S/C16H18ClN3O2/c1-16(2,3)22-15(21)20-8-11-4-6-12(7-5-11)14-18-9-13(17)10-19-14/h4-7,9-10H,8H2,1-3H3,(H,20,21). The van der Waals surface area contributed by atoms with E-state index in [-0.39, 0.29) is 0 Å². The van der Waals surface area contributed by atoms with E-state index in [1.54, 1.807) is 12.4 Å². The van der Waals surface area contributed by atoms with Crippen LogP contribution in [0.2, 0.25) is 5.02 Å². The number of halogens is 1. The number of nitrogens with one attached hydrogen (secondary N) is 1. The predicted octanol–water partition coefficient (Wildman–Crippen LogP) is 3.82. The molecule has 1 aromatic carbocycles. The molecule has 0 unspecified atom stereocenters. The smallest absolute Gasteiger partial charge is 0.407 e. The van der Waals surface area contributed by atoms with E-state index < -0.39 is 11.7 Å². The second-order valence-electron chi connectivity index (χ2n) is 5.78. The molecule has 0 spiro atoms. The van der Waals surface area contributed by atoms with Crippen LogP contribution >= 0.6 is 11.6 Å². The third kappa shape index (κ3) is 5.00. The van der Waals surface area contributed by atoms with Crippen LogP contribution in [0.25, 0.3) is 11.4 Å². The molecule has 1 aromatic heterocycles. The predicted molar refractivity (Wildman–Crippen MR) is 85.6 cm³/mol. The fourth-order valence-corrected chi connectivity index (χ4v) is 1.82. The Morgan fingerprint density at radius 1 is 1.18 bits per heavy atom. The normalized spacial score (nSPS) is 11.1. The van der Waals surface area contributed by atoms with Gasteiger partial charge in [-0.3, -0.25) is 0 Å². The van der Waals surface area contributed by atoms with E-state index in [0.29, 0.717) is 17.4 Å². The van der Waals surface area contributed by atoms with Crippen LogP contribution in [0.5, 0.6) is 0 Å². The fourth-order valence-electron chi connectivity index (χ4n) is 1.72. The van der Waals surface area contributed by atoms with E-state index in [1.807, 2.05) is 45.0 Å². The Hall–Kier alpha value is -2.14. The van der Waals surface area contributed by atoms with Gasteiger partial charge < -0.3 is 10.1 Å². The molecule has 1 heterocycles. The zero-order valence-corrected chi connectivity index (χ0v) is 13.5. The summed E-state index contributed by atoms with van der Waals surface area (Å²) in [6.07, 6.45) is 2.68. The van der Waals surface area contributed by atoms with Crippen LogP contribution in [0.4, 0.5) is 4.79 Å². The first-order valence-electron chi connectivity index (χ1n) is 6.87. The summed E-state index contributed by atoms with van der Waals surface area (Å²) >= 11 is 5.76. The lowest BCUT2D eigenvalue weighted by atomic mass is 10.1. The lowest BCUT2D eigenvalue weighted by Gasteiger charge is -2.19. The van der Waals surface area contributed by atoms with E-state index in [1.165, 1.54) is 0 Å². The van der Waals surface area contributed by atoms with Gasteiger partial charge in [0, 0.05) is 24.5 Å². The molecule has 6 heteroatoms. The van der Waals surface area contributed by atoms with Gasteiger partial charge in [0.15, 0.2) is 5.82 Å². The Bertz CT molecular complexity index is 634. The highest BCUT2D eigenvalue weighted by Gasteiger charge is 2.15. The molecule has 1 amide bonds. The Morgan fingerprint density at radius 3 is 2.32 bits per heavy atom. The molecule has 0 bridgehead atoms. The molecule has 1 N–H and O–H groups in total. The van der Waals surface area contributed by atoms with Crippen LogP contribution in [0.15, 0.2) is 36.7 Å². The number of hydrogen-bond donors (Lipinski definition) is 1. The number of carbonyl (C=O) groups excluding carboxylic acids is 1. The molecular weight excluding hydrogens is 302 g/mol. The van der Waals surface area contributed by atoms with Crippen LogP contribution in [-0.4, -0.2) is 21.7 Å². The van der Waals surface area contributed by atoms with Gasteiger partial charge in [-0.25, -0.2) is 14.8 Å².